The number of nitrogens with one attached hydrogen (secondary N) is 1. The molecule has 5 nitrogen and oxygen atoms in total. The molecule has 3 rings (SSSR count). The molecule has 2 heterocycles. The number of nitrogen functional groups attached to an aromatic ring is 1. The number of fused-ring (bicyclic) bond motifs is 2. The molecule has 0 radical (unpaired) electrons. The summed E-state index contributed by atoms with van der Waals surface area (Å²) in [5.74, 6) is 0.921. The van der Waals surface area contributed by atoms with Gasteiger partial charge in [-0.3, -0.25) is 4.79 Å². The standard InChI is InChI=1S/C16H21Br2N3O2/c1-23-15-10(7-11(17)14(19)13(15)18)16(22)20-12-4-6-21-5-2-3-9(12)8-21/h7,9,12H,2-6,8,19H2,1H3,(H,20,22)/t9-,12+/m1/s1. The number of piperidine rings is 2. The van der Waals surface area contributed by atoms with E-state index in [9.17, 15) is 4.79 Å². The topological polar surface area (TPSA) is 67.6 Å². The van der Waals surface area contributed by atoms with Crippen LogP contribution < -0.4 is 15.8 Å². The number of rotatable bonds is 3. The first-order chi connectivity index (χ1) is 11.0. The first kappa shape index (κ1) is 17.0. The lowest BCUT2D eigenvalue weighted by Gasteiger charge is -2.42. The number of carbonyl (C=O) groups is 1. The lowest BCUT2D eigenvalue weighted by Crippen LogP contribution is -2.53. The molecule has 0 aliphatic carbocycles. The van der Waals surface area contributed by atoms with Gasteiger partial charge in [0.1, 0.15) is 5.75 Å². The van der Waals surface area contributed by atoms with Crippen LogP contribution in [-0.4, -0.2) is 43.6 Å². The summed E-state index contributed by atoms with van der Waals surface area (Å²) in [4.78, 5) is 15.3. The molecule has 2 saturated heterocycles. The molecular formula is C16H21Br2N3O2. The molecule has 2 bridgehead atoms. The minimum atomic E-state index is -0.104. The highest BCUT2D eigenvalue weighted by Gasteiger charge is 2.33. The van der Waals surface area contributed by atoms with E-state index in [-0.39, 0.29) is 11.9 Å². The molecule has 7 heteroatoms. The van der Waals surface area contributed by atoms with Gasteiger partial charge < -0.3 is 20.7 Å². The van der Waals surface area contributed by atoms with Gasteiger partial charge in [0.05, 0.1) is 22.8 Å². The quantitative estimate of drug-likeness (QED) is 0.700. The fourth-order valence-corrected chi connectivity index (χ4v) is 4.88. The Kier molecular flexibility index (Phi) is 5.18. The zero-order chi connectivity index (χ0) is 16.6. The van der Waals surface area contributed by atoms with Crippen molar-refractivity contribution in [2.45, 2.75) is 25.3 Å². The Bertz CT molecular complexity index is 624. The Balaban J connectivity index is 1.81. The molecule has 1 amide bonds. The van der Waals surface area contributed by atoms with Crippen LogP contribution in [0.25, 0.3) is 0 Å². The van der Waals surface area contributed by atoms with Crippen LogP contribution in [0.3, 0.4) is 0 Å². The Morgan fingerprint density at radius 1 is 1.39 bits per heavy atom. The highest BCUT2D eigenvalue weighted by Crippen LogP contribution is 2.39. The van der Waals surface area contributed by atoms with E-state index in [2.05, 4.69) is 42.1 Å². The van der Waals surface area contributed by atoms with Crippen molar-refractivity contribution in [3.8, 4) is 5.75 Å². The molecule has 3 N–H and O–H groups in total. The average Bonchev–Trinajstić information content (AvgIpc) is 2.55. The summed E-state index contributed by atoms with van der Waals surface area (Å²) in [7, 11) is 1.55. The molecular weight excluding hydrogens is 426 g/mol. The number of nitrogens with zero attached hydrogens (tertiary/aromatic N) is 1. The molecule has 0 spiro atoms. The number of benzene rings is 1. The van der Waals surface area contributed by atoms with E-state index in [4.69, 9.17) is 10.5 Å². The maximum Gasteiger partial charge on any atom is 0.255 e. The van der Waals surface area contributed by atoms with Gasteiger partial charge in [-0.25, -0.2) is 0 Å². The fraction of sp³-hybridized carbons (Fsp3) is 0.562. The predicted molar refractivity (Wildman–Crippen MR) is 97.8 cm³/mol. The van der Waals surface area contributed by atoms with Crippen LogP contribution >= 0.6 is 31.9 Å². The third-order valence-corrected chi connectivity index (χ3v) is 6.28. The van der Waals surface area contributed by atoms with E-state index in [1.54, 1.807) is 13.2 Å². The van der Waals surface area contributed by atoms with Crippen LogP contribution in [-0.2, 0) is 0 Å². The van der Waals surface area contributed by atoms with Gasteiger partial charge in [0.15, 0.2) is 0 Å². The van der Waals surface area contributed by atoms with Crippen molar-refractivity contribution >= 4 is 43.5 Å². The fourth-order valence-electron chi connectivity index (χ4n) is 3.60. The number of hydrogen-bond donors (Lipinski definition) is 2. The molecule has 2 fully saturated rings. The number of methoxy groups -OCH3 is 1. The molecule has 1 aromatic carbocycles. The van der Waals surface area contributed by atoms with Gasteiger partial charge in [-0.05, 0) is 69.7 Å². The monoisotopic (exact) mass is 445 g/mol. The minimum Gasteiger partial charge on any atom is -0.495 e. The highest BCUT2D eigenvalue weighted by atomic mass is 79.9. The molecule has 2 aliphatic rings. The summed E-state index contributed by atoms with van der Waals surface area (Å²) in [5.41, 5.74) is 6.99. The molecule has 23 heavy (non-hydrogen) atoms. The normalized spacial score (nSPS) is 26.7. The van der Waals surface area contributed by atoms with E-state index in [0.717, 1.165) is 19.5 Å². The van der Waals surface area contributed by atoms with Crippen molar-refractivity contribution < 1.29 is 9.53 Å². The summed E-state index contributed by atoms with van der Waals surface area (Å²) in [6.07, 6.45) is 3.42. The van der Waals surface area contributed by atoms with Gasteiger partial charge in [0, 0.05) is 23.6 Å². The number of nitrogens with two attached hydrogens (primary N) is 1. The number of ether oxygens (including phenoxy) is 1. The molecule has 1 aromatic rings. The van der Waals surface area contributed by atoms with E-state index in [1.165, 1.54) is 19.4 Å². The van der Waals surface area contributed by atoms with Crippen molar-refractivity contribution in [2.24, 2.45) is 5.92 Å². The van der Waals surface area contributed by atoms with Crippen LogP contribution in [0.1, 0.15) is 29.6 Å². The molecule has 126 valence electrons. The Hall–Kier alpha value is -0.790. The lowest BCUT2D eigenvalue weighted by atomic mass is 9.85. The van der Waals surface area contributed by atoms with E-state index >= 15 is 0 Å². The van der Waals surface area contributed by atoms with E-state index in [0.29, 0.717) is 31.9 Å². The SMILES string of the molecule is COc1c(C(=O)N[C@H]2CCN3CCC[C@@H]2C3)cc(Br)c(N)c1Br. The molecule has 0 aromatic heterocycles. The lowest BCUT2D eigenvalue weighted by molar-refractivity contribution is 0.0737. The summed E-state index contributed by atoms with van der Waals surface area (Å²) >= 11 is 6.81. The summed E-state index contributed by atoms with van der Waals surface area (Å²) in [5, 5.41) is 3.21. The Morgan fingerprint density at radius 3 is 2.91 bits per heavy atom. The van der Waals surface area contributed by atoms with Crippen LogP contribution in [0.2, 0.25) is 0 Å². The number of anilines is 1. The summed E-state index contributed by atoms with van der Waals surface area (Å²) in [6.45, 7) is 3.35. The van der Waals surface area contributed by atoms with Crippen molar-refractivity contribution in [2.75, 3.05) is 32.5 Å². The minimum absolute atomic E-state index is 0.104. The Morgan fingerprint density at radius 2 is 2.17 bits per heavy atom. The smallest absolute Gasteiger partial charge is 0.255 e. The van der Waals surface area contributed by atoms with Crippen LogP contribution in [0.15, 0.2) is 15.0 Å². The summed E-state index contributed by atoms with van der Waals surface area (Å²) < 4.78 is 6.67. The third kappa shape index (κ3) is 3.37. The van der Waals surface area contributed by atoms with Crippen molar-refractivity contribution in [1.29, 1.82) is 0 Å². The zero-order valence-electron chi connectivity index (χ0n) is 13.1. The largest absolute Gasteiger partial charge is 0.495 e. The van der Waals surface area contributed by atoms with Crippen LogP contribution in [0, 0.1) is 5.92 Å². The third-order valence-electron chi connectivity index (χ3n) is 4.84. The second-order valence-corrected chi connectivity index (χ2v) is 7.89. The average molecular weight is 447 g/mol. The second kappa shape index (κ2) is 6.99. The van der Waals surface area contributed by atoms with Crippen molar-refractivity contribution in [1.82, 2.24) is 10.2 Å². The number of hydrogen-bond acceptors (Lipinski definition) is 4. The molecule has 2 aliphatic heterocycles. The molecule has 0 saturated carbocycles. The van der Waals surface area contributed by atoms with Gasteiger partial charge in [0.2, 0.25) is 0 Å². The maximum absolute atomic E-state index is 12.8. The Labute approximate surface area is 153 Å². The highest BCUT2D eigenvalue weighted by molar-refractivity contribution is 9.11. The van der Waals surface area contributed by atoms with Gasteiger partial charge in [-0.1, -0.05) is 0 Å². The second-order valence-electron chi connectivity index (χ2n) is 6.24. The number of carbonyl (C=O) groups excluding carboxylic acids is 1. The van der Waals surface area contributed by atoms with E-state index in [1.807, 2.05) is 0 Å². The van der Waals surface area contributed by atoms with Gasteiger partial charge in [-0.15, -0.1) is 0 Å². The van der Waals surface area contributed by atoms with Gasteiger partial charge in [-0.2, -0.15) is 0 Å². The first-order valence-electron chi connectivity index (χ1n) is 7.86. The predicted octanol–water partition coefficient (Wildman–Crippen LogP) is 3.02. The van der Waals surface area contributed by atoms with Gasteiger partial charge >= 0.3 is 0 Å². The number of halogens is 2. The first-order valence-corrected chi connectivity index (χ1v) is 9.44. The summed E-state index contributed by atoms with van der Waals surface area (Å²) in [6, 6.07) is 1.96. The van der Waals surface area contributed by atoms with Crippen LogP contribution in [0.4, 0.5) is 5.69 Å². The maximum atomic E-state index is 12.8. The van der Waals surface area contributed by atoms with E-state index < -0.39 is 0 Å². The molecule has 3 atom stereocenters. The van der Waals surface area contributed by atoms with Crippen LogP contribution in [0.5, 0.6) is 5.75 Å². The van der Waals surface area contributed by atoms with Crippen molar-refractivity contribution in [3.05, 3.63) is 20.6 Å². The van der Waals surface area contributed by atoms with Gasteiger partial charge in [0.25, 0.3) is 5.91 Å². The molecule has 1 unspecified atom stereocenters. The van der Waals surface area contributed by atoms with Crippen molar-refractivity contribution in [3.63, 3.8) is 0 Å². The number of amides is 1. The zero-order valence-corrected chi connectivity index (χ0v) is 16.2.